The van der Waals surface area contributed by atoms with E-state index in [1.807, 2.05) is 0 Å². The highest BCUT2D eigenvalue weighted by molar-refractivity contribution is 5.78. The van der Waals surface area contributed by atoms with Crippen LogP contribution in [0.25, 0.3) is 0 Å². The van der Waals surface area contributed by atoms with Gasteiger partial charge in [0, 0.05) is 19.0 Å². The van der Waals surface area contributed by atoms with E-state index in [1.54, 1.807) is 18.2 Å². The second-order valence-electron chi connectivity index (χ2n) is 4.26. The molecule has 0 aromatic heterocycles. The lowest BCUT2D eigenvalue weighted by Crippen LogP contribution is -2.41. The molecule has 0 bridgehead atoms. The van der Waals surface area contributed by atoms with Crippen LogP contribution in [0, 0.1) is 0 Å². The molecule has 0 radical (unpaired) electrons. The van der Waals surface area contributed by atoms with E-state index >= 15 is 0 Å². The Labute approximate surface area is 102 Å². The molecule has 1 heterocycles. The standard InChI is InChI=1S/C12H13F3N2O/c13-12(14,15)11(8-4-2-1-3-5-8)17-9-6-10(18)16-7-9/h1-5,9,11,17H,6-7H2,(H,16,18). The van der Waals surface area contributed by atoms with Gasteiger partial charge in [-0.25, -0.2) is 0 Å². The minimum Gasteiger partial charge on any atom is -0.354 e. The Kier molecular flexibility index (Phi) is 3.56. The molecule has 2 atom stereocenters. The van der Waals surface area contributed by atoms with Crippen LogP contribution in [0.2, 0.25) is 0 Å². The molecular weight excluding hydrogens is 245 g/mol. The summed E-state index contributed by atoms with van der Waals surface area (Å²) in [6.45, 7) is 0.234. The molecule has 0 spiro atoms. The number of alkyl halides is 3. The summed E-state index contributed by atoms with van der Waals surface area (Å²) in [4.78, 5) is 11.0. The minimum atomic E-state index is -4.38. The van der Waals surface area contributed by atoms with E-state index in [0.29, 0.717) is 0 Å². The first-order valence-electron chi connectivity index (χ1n) is 5.61. The average Bonchev–Trinajstić information content (AvgIpc) is 2.72. The summed E-state index contributed by atoms with van der Waals surface area (Å²) in [5.74, 6) is -0.221. The van der Waals surface area contributed by atoms with Crippen molar-refractivity contribution in [3.63, 3.8) is 0 Å². The third-order valence-corrected chi connectivity index (χ3v) is 2.84. The third kappa shape index (κ3) is 3.01. The lowest BCUT2D eigenvalue weighted by atomic mass is 10.1. The monoisotopic (exact) mass is 258 g/mol. The van der Waals surface area contributed by atoms with Gasteiger partial charge in [-0.15, -0.1) is 0 Å². The van der Waals surface area contributed by atoms with Crippen LogP contribution >= 0.6 is 0 Å². The minimum absolute atomic E-state index is 0.0828. The van der Waals surface area contributed by atoms with Crippen molar-refractivity contribution in [3.05, 3.63) is 35.9 Å². The number of carbonyl (C=O) groups excluding carboxylic acids is 1. The number of carbonyl (C=O) groups is 1. The number of benzene rings is 1. The molecule has 98 valence electrons. The Balaban J connectivity index is 2.14. The Morgan fingerprint density at radius 2 is 1.94 bits per heavy atom. The molecule has 1 aromatic carbocycles. The molecule has 2 rings (SSSR count). The molecule has 1 aliphatic heterocycles. The Bertz CT molecular complexity index is 419. The van der Waals surface area contributed by atoms with Crippen molar-refractivity contribution in [2.24, 2.45) is 0 Å². The fourth-order valence-electron chi connectivity index (χ4n) is 1.98. The molecule has 2 N–H and O–H groups in total. The number of halogens is 3. The van der Waals surface area contributed by atoms with Gasteiger partial charge in [-0.1, -0.05) is 30.3 Å². The number of rotatable bonds is 3. The summed E-state index contributed by atoms with van der Waals surface area (Å²) in [7, 11) is 0. The van der Waals surface area contributed by atoms with Gasteiger partial charge in [0.05, 0.1) is 0 Å². The number of hydrogen-bond donors (Lipinski definition) is 2. The quantitative estimate of drug-likeness (QED) is 0.867. The predicted octanol–water partition coefficient (Wildman–Crippen LogP) is 1.77. The molecule has 18 heavy (non-hydrogen) atoms. The summed E-state index contributed by atoms with van der Waals surface area (Å²) in [6, 6.07) is 5.42. The van der Waals surface area contributed by atoms with Gasteiger partial charge in [0.1, 0.15) is 6.04 Å². The van der Waals surface area contributed by atoms with Gasteiger partial charge in [-0.3, -0.25) is 10.1 Å². The molecule has 1 aliphatic rings. The SMILES string of the molecule is O=C1CC(NC(c2ccccc2)C(F)(F)F)CN1. The van der Waals surface area contributed by atoms with Crippen LogP contribution in [0.5, 0.6) is 0 Å². The first-order chi connectivity index (χ1) is 8.47. The zero-order valence-corrected chi connectivity index (χ0v) is 9.50. The number of hydrogen-bond acceptors (Lipinski definition) is 2. The van der Waals surface area contributed by atoms with E-state index in [1.165, 1.54) is 12.1 Å². The average molecular weight is 258 g/mol. The van der Waals surface area contributed by atoms with Crippen LogP contribution < -0.4 is 10.6 Å². The second kappa shape index (κ2) is 4.97. The van der Waals surface area contributed by atoms with Crippen molar-refractivity contribution in [1.29, 1.82) is 0 Å². The van der Waals surface area contributed by atoms with Gasteiger partial charge in [0.15, 0.2) is 0 Å². The summed E-state index contributed by atoms with van der Waals surface area (Å²) in [5.41, 5.74) is 0.157. The maximum absolute atomic E-state index is 13.0. The lowest BCUT2D eigenvalue weighted by molar-refractivity contribution is -0.159. The van der Waals surface area contributed by atoms with Crippen molar-refractivity contribution in [2.45, 2.75) is 24.7 Å². The highest BCUT2D eigenvalue weighted by atomic mass is 19.4. The molecule has 2 unspecified atom stereocenters. The van der Waals surface area contributed by atoms with Gasteiger partial charge >= 0.3 is 6.18 Å². The molecule has 1 amide bonds. The van der Waals surface area contributed by atoms with Gasteiger partial charge in [-0.05, 0) is 5.56 Å². The van der Waals surface area contributed by atoms with Crippen LogP contribution in [0.4, 0.5) is 13.2 Å². The molecule has 1 aromatic rings. The van der Waals surface area contributed by atoms with Crippen LogP contribution in [-0.4, -0.2) is 24.7 Å². The molecule has 3 nitrogen and oxygen atoms in total. The third-order valence-electron chi connectivity index (χ3n) is 2.84. The summed E-state index contributed by atoms with van der Waals surface area (Å²) < 4.78 is 39.0. The summed E-state index contributed by atoms with van der Waals surface area (Å²) in [6.07, 6.45) is -4.30. The zero-order chi connectivity index (χ0) is 13.2. The molecule has 6 heteroatoms. The van der Waals surface area contributed by atoms with Crippen molar-refractivity contribution in [2.75, 3.05) is 6.54 Å². The Morgan fingerprint density at radius 1 is 1.28 bits per heavy atom. The zero-order valence-electron chi connectivity index (χ0n) is 9.50. The molecule has 1 saturated heterocycles. The van der Waals surface area contributed by atoms with Crippen molar-refractivity contribution in [1.82, 2.24) is 10.6 Å². The van der Waals surface area contributed by atoms with E-state index in [9.17, 15) is 18.0 Å². The van der Waals surface area contributed by atoms with E-state index < -0.39 is 18.3 Å². The maximum Gasteiger partial charge on any atom is 0.407 e. The second-order valence-corrected chi connectivity index (χ2v) is 4.26. The molecule has 0 aliphatic carbocycles. The predicted molar refractivity (Wildman–Crippen MR) is 59.8 cm³/mol. The topological polar surface area (TPSA) is 41.1 Å². The highest BCUT2D eigenvalue weighted by Gasteiger charge is 2.42. The fourth-order valence-corrected chi connectivity index (χ4v) is 1.98. The summed E-state index contributed by atoms with van der Waals surface area (Å²) in [5, 5.41) is 5.00. The molecular formula is C12H13F3N2O. The van der Waals surface area contributed by atoms with Crippen LogP contribution in [0.1, 0.15) is 18.0 Å². The lowest BCUT2D eigenvalue weighted by Gasteiger charge is -2.24. The smallest absolute Gasteiger partial charge is 0.354 e. The van der Waals surface area contributed by atoms with E-state index in [2.05, 4.69) is 10.6 Å². The van der Waals surface area contributed by atoms with Crippen molar-refractivity contribution >= 4 is 5.91 Å². The maximum atomic E-state index is 13.0. The van der Waals surface area contributed by atoms with Crippen molar-refractivity contribution in [3.8, 4) is 0 Å². The Morgan fingerprint density at radius 3 is 2.44 bits per heavy atom. The highest BCUT2D eigenvalue weighted by Crippen LogP contribution is 2.33. The van der Waals surface area contributed by atoms with Gasteiger partial charge in [0.25, 0.3) is 0 Å². The van der Waals surface area contributed by atoms with Gasteiger partial charge in [-0.2, -0.15) is 13.2 Å². The van der Waals surface area contributed by atoms with Gasteiger partial charge < -0.3 is 5.32 Å². The first kappa shape index (κ1) is 12.9. The van der Waals surface area contributed by atoms with E-state index in [4.69, 9.17) is 0 Å². The van der Waals surface area contributed by atoms with Crippen LogP contribution in [-0.2, 0) is 4.79 Å². The van der Waals surface area contributed by atoms with Crippen LogP contribution in [0.15, 0.2) is 30.3 Å². The first-order valence-corrected chi connectivity index (χ1v) is 5.61. The molecule has 1 fully saturated rings. The normalized spacial score (nSPS) is 21.7. The largest absolute Gasteiger partial charge is 0.407 e. The van der Waals surface area contributed by atoms with Crippen LogP contribution in [0.3, 0.4) is 0 Å². The fraction of sp³-hybridized carbons (Fsp3) is 0.417. The Hall–Kier alpha value is -1.56. The molecule has 0 saturated carbocycles. The van der Waals surface area contributed by atoms with Gasteiger partial charge in [0.2, 0.25) is 5.91 Å². The summed E-state index contributed by atoms with van der Waals surface area (Å²) >= 11 is 0. The number of nitrogens with one attached hydrogen (secondary N) is 2. The van der Waals surface area contributed by atoms with Crippen molar-refractivity contribution < 1.29 is 18.0 Å². The number of amides is 1. The van der Waals surface area contributed by atoms with E-state index in [0.717, 1.165) is 0 Å². The van der Waals surface area contributed by atoms with E-state index in [-0.39, 0.29) is 24.4 Å².